The van der Waals surface area contributed by atoms with Crippen molar-refractivity contribution in [1.82, 2.24) is 5.32 Å². The van der Waals surface area contributed by atoms with Crippen LogP contribution in [0.3, 0.4) is 0 Å². The summed E-state index contributed by atoms with van der Waals surface area (Å²) < 4.78 is 5.36. The summed E-state index contributed by atoms with van der Waals surface area (Å²) in [7, 11) is 0. The number of benzene rings is 1. The lowest BCUT2D eigenvalue weighted by Gasteiger charge is -2.30. The molecular weight excluding hydrogens is 264 g/mol. The van der Waals surface area contributed by atoms with Gasteiger partial charge in [-0.25, -0.2) is 4.79 Å². The second-order valence-corrected chi connectivity index (χ2v) is 4.26. The molecule has 0 atom stereocenters. The Kier molecular flexibility index (Phi) is 3.88. The normalized spacial score (nSPS) is 13.2. The van der Waals surface area contributed by atoms with Crippen molar-refractivity contribution in [1.29, 1.82) is 0 Å². The van der Waals surface area contributed by atoms with Crippen LogP contribution in [0.5, 0.6) is 5.75 Å². The van der Waals surface area contributed by atoms with Crippen molar-refractivity contribution >= 4 is 23.5 Å². The van der Waals surface area contributed by atoms with E-state index in [1.54, 1.807) is 12.1 Å². The van der Waals surface area contributed by atoms with Gasteiger partial charge in [0.1, 0.15) is 12.2 Å². The molecule has 2 N–H and O–H groups in total. The maximum atomic E-state index is 12.1. The van der Waals surface area contributed by atoms with E-state index < -0.39 is 5.97 Å². The number of para-hydroxylation sites is 1. The number of carboxylic acids is 1. The number of carbonyl (C=O) groups excluding carboxylic acids is 2. The van der Waals surface area contributed by atoms with Crippen LogP contribution in [0.1, 0.15) is 17.3 Å². The number of amides is 2. The molecule has 1 aromatic rings. The minimum absolute atomic E-state index is 0.0135. The predicted molar refractivity (Wildman–Crippen MR) is 69.9 cm³/mol. The van der Waals surface area contributed by atoms with Gasteiger partial charge in [-0.2, -0.15) is 0 Å². The van der Waals surface area contributed by atoms with Crippen molar-refractivity contribution < 1.29 is 24.2 Å². The Hall–Kier alpha value is -2.57. The van der Waals surface area contributed by atoms with Gasteiger partial charge in [0.05, 0.1) is 18.8 Å². The molecule has 0 saturated heterocycles. The standard InChI is InChI=1S/C13H14N2O5/c1-8(16)14-7-11(17)15-5-6-20-12-9(13(18)19)3-2-4-10(12)15/h2-4H,5-7H2,1H3,(H,14,16)(H,18,19). The SMILES string of the molecule is CC(=O)NCC(=O)N1CCOc2c(C(=O)O)cccc21. The second kappa shape index (κ2) is 5.60. The van der Waals surface area contributed by atoms with E-state index in [2.05, 4.69) is 5.32 Å². The average Bonchev–Trinajstić information content (AvgIpc) is 2.43. The van der Waals surface area contributed by atoms with Gasteiger partial charge in [0.15, 0.2) is 5.75 Å². The molecule has 0 fully saturated rings. The van der Waals surface area contributed by atoms with Crippen molar-refractivity contribution in [3.63, 3.8) is 0 Å². The van der Waals surface area contributed by atoms with Crippen LogP contribution in [0.4, 0.5) is 5.69 Å². The number of nitrogens with one attached hydrogen (secondary N) is 1. The van der Waals surface area contributed by atoms with E-state index in [1.165, 1.54) is 17.9 Å². The molecule has 0 bridgehead atoms. The molecular formula is C13H14N2O5. The van der Waals surface area contributed by atoms with Crippen LogP contribution < -0.4 is 15.0 Å². The summed E-state index contributed by atoms with van der Waals surface area (Å²) in [6, 6.07) is 4.59. The summed E-state index contributed by atoms with van der Waals surface area (Å²) in [5.74, 6) is -1.54. The zero-order valence-corrected chi connectivity index (χ0v) is 10.9. The van der Waals surface area contributed by atoms with Crippen molar-refractivity contribution in [2.45, 2.75) is 6.92 Å². The first-order chi connectivity index (χ1) is 9.50. The summed E-state index contributed by atoms with van der Waals surface area (Å²) >= 11 is 0. The lowest BCUT2D eigenvalue weighted by molar-refractivity contribution is -0.123. The van der Waals surface area contributed by atoms with Crippen LogP contribution in [0, 0.1) is 0 Å². The first kappa shape index (κ1) is 13.9. The molecule has 1 heterocycles. The Morgan fingerprint density at radius 2 is 2.15 bits per heavy atom. The summed E-state index contributed by atoms with van der Waals surface area (Å²) in [5.41, 5.74) is 0.422. The number of hydrogen-bond donors (Lipinski definition) is 2. The third-order valence-corrected chi connectivity index (χ3v) is 2.87. The van der Waals surface area contributed by atoms with Crippen LogP contribution in [0.2, 0.25) is 0 Å². The molecule has 0 unspecified atom stereocenters. The molecule has 106 valence electrons. The molecule has 0 aromatic heterocycles. The molecule has 7 heteroatoms. The van der Waals surface area contributed by atoms with Crippen LogP contribution in [-0.2, 0) is 9.59 Å². The first-order valence-corrected chi connectivity index (χ1v) is 6.04. The molecule has 2 rings (SSSR count). The highest BCUT2D eigenvalue weighted by Crippen LogP contribution is 2.34. The average molecular weight is 278 g/mol. The quantitative estimate of drug-likeness (QED) is 0.826. The molecule has 2 amide bonds. The topological polar surface area (TPSA) is 95.9 Å². The molecule has 0 radical (unpaired) electrons. The van der Waals surface area contributed by atoms with Crippen molar-refractivity contribution in [3.05, 3.63) is 23.8 Å². The van der Waals surface area contributed by atoms with Gasteiger partial charge >= 0.3 is 5.97 Å². The van der Waals surface area contributed by atoms with Gasteiger partial charge in [-0.15, -0.1) is 0 Å². The van der Waals surface area contributed by atoms with Crippen molar-refractivity contribution in [2.75, 3.05) is 24.6 Å². The van der Waals surface area contributed by atoms with E-state index >= 15 is 0 Å². The smallest absolute Gasteiger partial charge is 0.339 e. The molecule has 1 aliphatic rings. The lowest BCUT2D eigenvalue weighted by Crippen LogP contribution is -2.43. The van der Waals surface area contributed by atoms with Gasteiger partial charge in [-0.3, -0.25) is 9.59 Å². The minimum Gasteiger partial charge on any atom is -0.489 e. The van der Waals surface area contributed by atoms with Crippen LogP contribution in [-0.4, -0.2) is 42.6 Å². The van der Waals surface area contributed by atoms with Gasteiger partial charge in [-0.1, -0.05) is 6.07 Å². The fraction of sp³-hybridized carbons (Fsp3) is 0.308. The number of aromatic carboxylic acids is 1. The largest absolute Gasteiger partial charge is 0.489 e. The number of rotatable bonds is 3. The van der Waals surface area contributed by atoms with Crippen molar-refractivity contribution in [3.8, 4) is 5.75 Å². The second-order valence-electron chi connectivity index (χ2n) is 4.26. The fourth-order valence-electron chi connectivity index (χ4n) is 1.97. The highest BCUT2D eigenvalue weighted by molar-refractivity contribution is 6.01. The van der Waals surface area contributed by atoms with E-state index in [9.17, 15) is 14.4 Å². The highest BCUT2D eigenvalue weighted by atomic mass is 16.5. The van der Waals surface area contributed by atoms with Gasteiger partial charge in [0.2, 0.25) is 11.8 Å². The van der Waals surface area contributed by atoms with E-state index in [0.717, 1.165) is 0 Å². The Balaban J connectivity index is 2.29. The van der Waals surface area contributed by atoms with E-state index in [0.29, 0.717) is 12.2 Å². The zero-order chi connectivity index (χ0) is 14.7. The third kappa shape index (κ3) is 2.71. The Labute approximate surface area is 115 Å². The monoisotopic (exact) mass is 278 g/mol. The summed E-state index contributed by atoms with van der Waals surface area (Å²) in [5, 5.41) is 11.5. The maximum Gasteiger partial charge on any atom is 0.339 e. The number of ether oxygens (including phenoxy) is 1. The van der Waals surface area contributed by atoms with Gasteiger partial charge in [-0.05, 0) is 12.1 Å². The van der Waals surface area contributed by atoms with E-state index in [4.69, 9.17) is 9.84 Å². The van der Waals surface area contributed by atoms with Gasteiger partial charge < -0.3 is 20.1 Å². The van der Waals surface area contributed by atoms with Crippen LogP contribution >= 0.6 is 0 Å². The van der Waals surface area contributed by atoms with Crippen LogP contribution in [0.25, 0.3) is 0 Å². The minimum atomic E-state index is -1.11. The predicted octanol–water partition coefficient (Wildman–Crippen LogP) is 0.246. The first-order valence-electron chi connectivity index (χ1n) is 6.04. The Morgan fingerprint density at radius 3 is 2.80 bits per heavy atom. The molecule has 0 spiro atoms. The zero-order valence-electron chi connectivity index (χ0n) is 10.9. The highest BCUT2D eigenvalue weighted by Gasteiger charge is 2.27. The number of hydrogen-bond acceptors (Lipinski definition) is 4. The Morgan fingerprint density at radius 1 is 1.40 bits per heavy atom. The number of carbonyl (C=O) groups is 3. The van der Waals surface area contributed by atoms with Gasteiger partial charge in [0, 0.05) is 6.92 Å². The lowest BCUT2D eigenvalue weighted by atomic mass is 10.1. The maximum absolute atomic E-state index is 12.1. The summed E-state index contributed by atoms with van der Waals surface area (Å²) in [6.07, 6.45) is 0. The molecule has 20 heavy (non-hydrogen) atoms. The summed E-state index contributed by atoms with van der Waals surface area (Å²) in [6.45, 7) is 1.72. The van der Waals surface area contributed by atoms with Crippen molar-refractivity contribution in [2.24, 2.45) is 0 Å². The molecule has 0 aliphatic carbocycles. The number of anilines is 1. The fourth-order valence-corrected chi connectivity index (χ4v) is 1.97. The van der Waals surface area contributed by atoms with Gasteiger partial charge in [0.25, 0.3) is 0 Å². The molecule has 1 aromatic carbocycles. The Bertz CT molecular complexity index is 570. The van der Waals surface area contributed by atoms with E-state index in [1.807, 2.05) is 0 Å². The van der Waals surface area contributed by atoms with Crippen LogP contribution in [0.15, 0.2) is 18.2 Å². The van der Waals surface area contributed by atoms with E-state index in [-0.39, 0.29) is 36.3 Å². The number of carboxylic acid groups (broad SMARTS) is 1. The molecule has 1 aliphatic heterocycles. The molecule has 0 saturated carbocycles. The molecule has 7 nitrogen and oxygen atoms in total. The third-order valence-electron chi connectivity index (χ3n) is 2.87. The summed E-state index contributed by atoms with van der Waals surface area (Å²) in [4.78, 5) is 35.4. The number of fused-ring (bicyclic) bond motifs is 1. The number of nitrogens with zero attached hydrogens (tertiary/aromatic N) is 1.